The standard InChI is InChI=1S/C10H10BrClO3S/c1-7-3-5-9(6-4-7)16(14,15)10(11,12)8(2)13/h3-6H,1-2H3. The lowest BCUT2D eigenvalue weighted by molar-refractivity contribution is -0.115. The molecule has 0 aliphatic carbocycles. The number of aryl methyl sites for hydroxylation is 1. The van der Waals surface area contributed by atoms with Gasteiger partial charge in [0.2, 0.25) is 9.84 Å². The predicted octanol–water partition coefficient (Wildman–Crippen LogP) is 2.65. The zero-order valence-corrected chi connectivity index (χ0v) is 11.9. The van der Waals surface area contributed by atoms with Gasteiger partial charge in [-0.1, -0.05) is 29.3 Å². The van der Waals surface area contributed by atoms with Gasteiger partial charge in [0.1, 0.15) is 0 Å². The molecule has 0 heterocycles. The molecular formula is C10H10BrClO3S. The molecule has 0 N–H and O–H groups in total. The number of alkyl halides is 2. The monoisotopic (exact) mass is 324 g/mol. The number of benzene rings is 1. The highest BCUT2D eigenvalue weighted by Crippen LogP contribution is 2.36. The number of Topliss-reactive ketones (excluding diaryl/α,β-unsaturated/α-hetero) is 1. The van der Waals surface area contributed by atoms with Gasteiger partial charge in [-0.05, 0) is 41.9 Å². The van der Waals surface area contributed by atoms with E-state index >= 15 is 0 Å². The molecule has 0 bridgehead atoms. The van der Waals surface area contributed by atoms with Crippen LogP contribution in [0, 0.1) is 6.92 Å². The normalized spacial score (nSPS) is 15.5. The fourth-order valence-corrected chi connectivity index (χ4v) is 3.05. The van der Waals surface area contributed by atoms with Gasteiger partial charge in [-0.25, -0.2) is 8.42 Å². The van der Waals surface area contributed by atoms with E-state index in [9.17, 15) is 13.2 Å². The Balaban J connectivity index is 3.33. The molecule has 0 radical (unpaired) electrons. The van der Waals surface area contributed by atoms with Crippen molar-refractivity contribution in [3.8, 4) is 0 Å². The Labute approximate surface area is 108 Å². The third-order valence-electron chi connectivity index (χ3n) is 2.08. The van der Waals surface area contributed by atoms with Gasteiger partial charge >= 0.3 is 0 Å². The van der Waals surface area contributed by atoms with Crippen LogP contribution in [0.3, 0.4) is 0 Å². The average molecular weight is 326 g/mol. The van der Waals surface area contributed by atoms with E-state index in [4.69, 9.17) is 11.6 Å². The fourth-order valence-electron chi connectivity index (χ4n) is 1.05. The largest absolute Gasteiger partial charge is 0.296 e. The first-order valence-corrected chi connectivity index (χ1v) is 7.05. The molecule has 6 heteroatoms. The van der Waals surface area contributed by atoms with Crippen LogP contribution in [0.5, 0.6) is 0 Å². The summed E-state index contributed by atoms with van der Waals surface area (Å²) in [5.74, 6) is -0.672. The SMILES string of the molecule is CC(=O)C(Cl)(Br)S(=O)(=O)c1ccc(C)cc1. The summed E-state index contributed by atoms with van der Waals surface area (Å²) in [6, 6.07) is 6.14. The zero-order valence-electron chi connectivity index (χ0n) is 8.70. The van der Waals surface area contributed by atoms with Gasteiger partial charge in [-0.2, -0.15) is 0 Å². The van der Waals surface area contributed by atoms with Gasteiger partial charge in [0.25, 0.3) is 3.12 Å². The molecule has 1 unspecified atom stereocenters. The Morgan fingerprint density at radius 1 is 1.31 bits per heavy atom. The van der Waals surface area contributed by atoms with Crippen LogP contribution < -0.4 is 0 Å². The molecule has 0 fully saturated rings. The molecule has 0 amide bonds. The van der Waals surface area contributed by atoms with Crippen LogP contribution in [-0.2, 0) is 14.6 Å². The van der Waals surface area contributed by atoms with Crippen LogP contribution in [0.1, 0.15) is 12.5 Å². The van der Waals surface area contributed by atoms with E-state index in [0.717, 1.165) is 12.5 Å². The molecule has 0 aliphatic rings. The number of ketones is 1. The number of hydrogen-bond acceptors (Lipinski definition) is 3. The molecule has 0 saturated heterocycles. The first-order valence-electron chi connectivity index (χ1n) is 4.40. The van der Waals surface area contributed by atoms with Gasteiger partial charge in [-0.3, -0.25) is 4.79 Å². The second-order valence-electron chi connectivity index (χ2n) is 3.39. The summed E-state index contributed by atoms with van der Waals surface area (Å²) in [4.78, 5) is 11.2. The van der Waals surface area contributed by atoms with E-state index in [-0.39, 0.29) is 4.90 Å². The van der Waals surface area contributed by atoms with Gasteiger partial charge < -0.3 is 0 Å². The van der Waals surface area contributed by atoms with Crippen molar-refractivity contribution < 1.29 is 13.2 Å². The van der Waals surface area contributed by atoms with Crippen LogP contribution >= 0.6 is 27.5 Å². The van der Waals surface area contributed by atoms with Gasteiger partial charge in [0, 0.05) is 0 Å². The van der Waals surface area contributed by atoms with Crippen molar-refractivity contribution in [3.63, 3.8) is 0 Å². The molecule has 1 aromatic carbocycles. The molecule has 0 aromatic heterocycles. The number of carbonyl (C=O) groups is 1. The molecule has 1 rings (SSSR count). The summed E-state index contributed by atoms with van der Waals surface area (Å²) in [6.07, 6.45) is 0. The van der Waals surface area contributed by atoms with Crippen molar-refractivity contribution in [1.29, 1.82) is 0 Å². The molecule has 1 aromatic rings. The number of halogens is 2. The maximum atomic E-state index is 12.0. The molecule has 0 aliphatic heterocycles. The first-order chi connectivity index (χ1) is 7.19. The molecule has 3 nitrogen and oxygen atoms in total. The summed E-state index contributed by atoms with van der Waals surface area (Å²) < 4.78 is 21.9. The van der Waals surface area contributed by atoms with Crippen LogP contribution in [0.2, 0.25) is 0 Å². The topological polar surface area (TPSA) is 51.2 Å². The average Bonchev–Trinajstić information content (AvgIpc) is 2.17. The smallest absolute Gasteiger partial charge is 0.261 e. The van der Waals surface area contributed by atoms with E-state index in [0.29, 0.717) is 0 Å². The Bertz CT molecular complexity index is 505. The lowest BCUT2D eigenvalue weighted by Gasteiger charge is -2.17. The van der Waals surface area contributed by atoms with Gasteiger partial charge in [0.05, 0.1) is 4.90 Å². The van der Waals surface area contributed by atoms with Crippen LogP contribution in [0.4, 0.5) is 0 Å². The lowest BCUT2D eigenvalue weighted by Crippen LogP contribution is -2.33. The first kappa shape index (κ1) is 13.7. The van der Waals surface area contributed by atoms with Gasteiger partial charge in [0.15, 0.2) is 5.78 Å². The van der Waals surface area contributed by atoms with Crippen molar-refractivity contribution in [2.45, 2.75) is 21.9 Å². The van der Waals surface area contributed by atoms with Crippen molar-refractivity contribution in [3.05, 3.63) is 29.8 Å². The third-order valence-corrected chi connectivity index (χ3v) is 6.65. The maximum Gasteiger partial charge on any atom is 0.261 e. The van der Waals surface area contributed by atoms with Gasteiger partial charge in [-0.15, -0.1) is 0 Å². The quantitative estimate of drug-likeness (QED) is 0.803. The summed E-state index contributed by atoms with van der Waals surface area (Å²) in [5.41, 5.74) is 0.927. The highest BCUT2D eigenvalue weighted by atomic mass is 79.9. The maximum absolute atomic E-state index is 12.0. The van der Waals surface area contributed by atoms with Crippen molar-refractivity contribution in [1.82, 2.24) is 0 Å². The third kappa shape index (κ3) is 2.31. The minimum absolute atomic E-state index is 0.0141. The van der Waals surface area contributed by atoms with Crippen molar-refractivity contribution >= 4 is 43.2 Å². The minimum atomic E-state index is -3.92. The number of carbonyl (C=O) groups excluding carboxylic acids is 1. The fraction of sp³-hybridized carbons (Fsp3) is 0.300. The summed E-state index contributed by atoms with van der Waals surface area (Å²) in [7, 11) is -3.92. The van der Waals surface area contributed by atoms with Crippen LogP contribution in [0.15, 0.2) is 29.2 Å². The van der Waals surface area contributed by atoms with Crippen molar-refractivity contribution in [2.75, 3.05) is 0 Å². The summed E-state index contributed by atoms with van der Waals surface area (Å²) in [6.45, 7) is 2.96. The second-order valence-corrected chi connectivity index (χ2v) is 8.44. The van der Waals surface area contributed by atoms with E-state index < -0.39 is 18.7 Å². The Kier molecular flexibility index (Phi) is 3.82. The highest BCUT2D eigenvalue weighted by Gasteiger charge is 2.45. The number of rotatable bonds is 3. The molecular weight excluding hydrogens is 316 g/mol. The van der Waals surface area contributed by atoms with Crippen LogP contribution in [0.25, 0.3) is 0 Å². The zero-order chi connectivity index (χ0) is 12.6. The van der Waals surface area contributed by atoms with E-state index in [1.807, 2.05) is 6.92 Å². The van der Waals surface area contributed by atoms with E-state index in [1.54, 1.807) is 12.1 Å². The summed E-state index contributed by atoms with van der Waals surface area (Å²) >= 11 is 8.47. The lowest BCUT2D eigenvalue weighted by atomic mass is 10.2. The molecule has 88 valence electrons. The predicted molar refractivity (Wildman–Crippen MR) is 66.6 cm³/mol. The Morgan fingerprint density at radius 2 is 1.75 bits per heavy atom. The molecule has 0 spiro atoms. The Hall–Kier alpha value is -0.390. The van der Waals surface area contributed by atoms with E-state index in [1.165, 1.54) is 12.1 Å². The van der Waals surface area contributed by atoms with E-state index in [2.05, 4.69) is 15.9 Å². The molecule has 16 heavy (non-hydrogen) atoms. The van der Waals surface area contributed by atoms with Crippen LogP contribution in [-0.4, -0.2) is 17.3 Å². The summed E-state index contributed by atoms with van der Waals surface area (Å²) in [5, 5.41) is 0. The highest BCUT2D eigenvalue weighted by molar-refractivity contribution is 9.12. The van der Waals surface area contributed by atoms with Crippen molar-refractivity contribution in [2.24, 2.45) is 0 Å². The Morgan fingerprint density at radius 3 is 2.12 bits per heavy atom. The molecule has 1 atom stereocenters. The minimum Gasteiger partial charge on any atom is -0.296 e. The molecule has 0 saturated carbocycles. The second kappa shape index (κ2) is 4.47. The number of sulfone groups is 1. The number of hydrogen-bond donors (Lipinski definition) is 0.